The number of hydrogen-bond acceptors (Lipinski definition) is 4. The van der Waals surface area contributed by atoms with Gasteiger partial charge in [0.05, 0.1) is 0 Å². The number of likely N-dealkylation sites (N-methyl/N-ethyl adjacent to an activating group) is 1. The van der Waals surface area contributed by atoms with E-state index in [9.17, 15) is 0 Å². The molecule has 118 valence electrons. The first-order chi connectivity index (χ1) is 10.3. The molecule has 0 aliphatic carbocycles. The van der Waals surface area contributed by atoms with Crippen LogP contribution in [0.4, 0.5) is 0 Å². The van der Waals surface area contributed by atoms with E-state index in [0.717, 1.165) is 64.7 Å². The van der Waals surface area contributed by atoms with Gasteiger partial charge in [-0.25, -0.2) is 0 Å². The highest BCUT2D eigenvalue weighted by molar-refractivity contribution is 5.28. The summed E-state index contributed by atoms with van der Waals surface area (Å²) in [7, 11) is 0. The first kappa shape index (κ1) is 16.3. The zero-order valence-corrected chi connectivity index (χ0v) is 13.5. The van der Waals surface area contributed by atoms with Gasteiger partial charge in [-0.1, -0.05) is 26.0 Å². The molecule has 0 bridgehead atoms. The standard InChI is InChI=1S/C17H29N3O/c1-3-19(4-2)12-13-21-17-7-5-6-16(14-17)15-20-10-8-18-9-11-20/h5-7,14,18H,3-4,8-13,15H2,1-2H3. The van der Waals surface area contributed by atoms with Crippen molar-refractivity contribution in [2.45, 2.75) is 20.4 Å². The Bertz CT molecular complexity index is 401. The summed E-state index contributed by atoms with van der Waals surface area (Å²) in [6, 6.07) is 8.54. The van der Waals surface area contributed by atoms with E-state index in [1.54, 1.807) is 0 Å². The maximum atomic E-state index is 5.90. The van der Waals surface area contributed by atoms with E-state index < -0.39 is 0 Å². The van der Waals surface area contributed by atoms with Crippen molar-refractivity contribution in [2.24, 2.45) is 0 Å². The van der Waals surface area contributed by atoms with Crippen LogP contribution in [0.15, 0.2) is 24.3 Å². The van der Waals surface area contributed by atoms with Crippen molar-refractivity contribution >= 4 is 0 Å². The van der Waals surface area contributed by atoms with E-state index in [0.29, 0.717) is 0 Å². The van der Waals surface area contributed by atoms with Crippen LogP contribution in [0.1, 0.15) is 19.4 Å². The Morgan fingerprint density at radius 3 is 2.67 bits per heavy atom. The van der Waals surface area contributed by atoms with Gasteiger partial charge in [0.1, 0.15) is 12.4 Å². The summed E-state index contributed by atoms with van der Waals surface area (Å²) in [6.45, 7) is 13.8. The molecule has 1 saturated heterocycles. The van der Waals surface area contributed by atoms with Crippen LogP contribution in [-0.2, 0) is 6.54 Å². The SMILES string of the molecule is CCN(CC)CCOc1cccc(CN2CCNCC2)c1. The van der Waals surface area contributed by atoms with Crippen LogP contribution in [0, 0.1) is 0 Å². The molecule has 1 aliphatic rings. The highest BCUT2D eigenvalue weighted by atomic mass is 16.5. The quantitative estimate of drug-likeness (QED) is 0.790. The number of hydrogen-bond donors (Lipinski definition) is 1. The molecule has 1 fully saturated rings. The number of ether oxygens (including phenoxy) is 1. The van der Waals surface area contributed by atoms with Crippen molar-refractivity contribution in [1.29, 1.82) is 0 Å². The molecule has 0 amide bonds. The van der Waals surface area contributed by atoms with Gasteiger partial charge in [-0.2, -0.15) is 0 Å². The summed E-state index contributed by atoms with van der Waals surface area (Å²) in [5, 5.41) is 3.39. The molecule has 1 aliphatic heterocycles. The molecule has 2 rings (SSSR count). The van der Waals surface area contributed by atoms with Gasteiger partial charge in [-0.05, 0) is 30.8 Å². The predicted molar refractivity (Wildman–Crippen MR) is 87.9 cm³/mol. The van der Waals surface area contributed by atoms with E-state index in [1.807, 2.05) is 0 Å². The summed E-state index contributed by atoms with van der Waals surface area (Å²) in [5.41, 5.74) is 1.34. The molecule has 0 spiro atoms. The monoisotopic (exact) mass is 291 g/mol. The smallest absolute Gasteiger partial charge is 0.119 e. The second-order valence-electron chi connectivity index (χ2n) is 5.55. The third kappa shape index (κ3) is 5.65. The van der Waals surface area contributed by atoms with Crippen molar-refractivity contribution < 1.29 is 4.74 Å². The zero-order valence-electron chi connectivity index (χ0n) is 13.5. The highest BCUT2D eigenvalue weighted by Gasteiger charge is 2.10. The van der Waals surface area contributed by atoms with Crippen LogP contribution < -0.4 is 10.1 Å². The van der Waals surface area contributed by atoms with E-state index in [1.165, 1.54) is 5.56 Å². The molecule has 0 radical (unpaired) electrons. The minimum Gasteiger partial charge on any atom is -0.492 e. The summed E-state index contributed by atoms with van der Waals surface area (Å²) >= 11 is 0. The van der Waals surface area contributed by atoms with Crippen molar-refractivity contribution in [3.63, 3.8) is 0 Å². The van der Waals surface area contributed by atoms with Crippen LogP contribution in [0.3, 0.4) is 0 Å². The molecule has 1 aromatic rings. The van der Waals surface area contributed by atoms with E-state index in [2.05, 4.69) is 53.2 Å². The lowest BCUT2D eigenvalue weighted by molar-refractivity contribution is 0.221. The minimum absolute atomic E-state index is 0.763. The highest BCUT2D eigenvalue weighted by Crippen LogP contribution is 2.15. The fraction of sp³-hybridized carbons (Fsp3) is 0.647. The molecule has 0 aromatic heterocycles. The molecular formula is C17H29N3O. The molecule has 0 unspecified atom stereocenters. The van der Waals surface area contributed by atoms with Crippen molar-refractivity contribution in [3.05, 3.63) is 29.8 Å². The number of rotatable bonds is 8. The number of piperazine rings is 1. The number of benzene rings is 1. The lowest BCUT2D eigenvalue weighted by atomic mass is 10.2. The average Bonchev–Trinajstić information content (AvgIpc) is 2.53. The Labute approximate surface area is 129 Å². The summed E-state index contributed by atoms with van der Waals surface area (Å²) in [6.07, 6.45) is 0. The lowest BCUT2D eigenvalue weighted by Crippen LogP contribution is -2.42. The maximum absolute atomic E-state index is 5.90. The van der Waals surface area contributed by atoms with E-state index in [4.69, 9.17) is 4.74 Å². The third-order valence-corrected chi connectivity index (χ3v) is 4.08. The van der Waals surface area contributed by atoms with Gasteiger partial charge >= 0.3 is 0 Å². The van der Waals surface area contributed by atoms with Crippen molar-refractivity contribution in [3.8, 4) is 5.75 Å². The Kier molecular flexibility index (Phi) is 7.00. The molecule has 1 aromatic carbocycles. The molecule has 4 nitrogen and oxygen atoms in total. The Hall–Kier alpha value is -1.10. The summed E-state index contributed by atoms with van der Waals surface area (Å²) in [4.78, 5) is 4.87. The van der Waals surface area contributed by atoms with E-state index >= 15 is 0 Å². The van der Waals surface area contributed by atoms with Crippen LogP contribution in [-0.4, -0.2) is 62.2 Å². The second-order valence-corrected chi connectivity index (χ2v) is 5.55. The topological polar surface area (TPSA) is 27.7 Å². The van der Waals surface area contributed by atoms with Crippen LogP contribution in [0.25, 0.3) is 0 Å². The molecule has 4 heteroatoms. The minimum atomic E-state index is 0.763. The molecule has 1 N–H and O–H groups in total. The van der Waals surface area contributed by atoms with Crippen molar-refractivity contribution in [1.82, 2.24) is 15.1 Å². The van der Waals surface area contributed by atoms with Gasteiger partial charge in [0.25, 0.3) is 0 Å². The molecule has 0 atom stereocenters. The summed E-state index contributed by atoms with van der Waals surface area (Å²) in [5.74, 6) is 0.995. The Morgan fingerprint density at radius 2 is 1.95 bits per heavy atom. The Balaban J connectivity index is 1.79. The largest absolute Gasteiger partial charge is 0.492 e. The lowest BCUT2D eigenvalue weighted by Gasteiger charge is -2.27. The predicted octanol–water partition coefficient (Wildman–Crippen LogP) is 1.81. The van der Waals surface area contributed by atoms with Gasteiger partial charge in [0.2, 0.25) is 0 Å². The van der Waals surface area contributed by atoms with Crippen LogP contribution in [0.5, 0.6) is 5.75 Å². The fourth-order valence-electron chi connectivity index (χ4n) is 2.69. The molecule has 1 heterocycles. The normalized spacial score (nSPS) is 16.3. The Morgan fingerprint density at radius 1 is 1.19 bits per heavy atom. The average molecular weight is 291 g/mol. The maximum Gasteiger partial charge on any atom is 0.119 e. The number of nitrogens with zero attached hydrogens (tertiary/aromatic N) is 2. The molecule has 21 heavy (non-hydrogen) atoms. The third-order valence-electron chi connectivity index (χ3n) is 4.08. The van der Waals surface area contributed by atoms with Crippen LogP contribution in [0.2, 0.25) is 0 Å². The molecule has 0 saturated carbocycles. The van der Waals surface area contributed by atoms with Gasteiger partial charge < -0.3 is 15.0 Å². The van der Waals surface area contributed by atoms with Gasteiger partial charge in [-0.3, -0.25) is 4.90 Å². The van der Waals surface area contributed by atoms with Gasteiger partial charge in [0, 0.05) is 39.3 Å². The second kappa shape index (κ2) is 9.03. The molecular weight excluding hydrogens is 262 g/mol. The van der Waals surface area contributed by atoms with Gasteiger partial charge in [0.15, 0.2) is 0 Å². The first-order valence-corrected chi connectivity index (χ1v) is 8.19. The number of nitrogens with one attached hydrogen (secondary N) is 1. The first-order valence-electron chi connectivity index (χ1n) is 8.19. The fourth-order valence-corrected chi connectivity index (χ4v) is 2.69. The summed E-state index contributed by atoms with van der Waals surface area (Å²) < 4.78 is 5.90. The van der Waals surface area contributed by atoms with Gasteiger partial charge in [-0.15, -0.1) is 0 Å². The van der Waals surface area contributed by atoms with E-state index in [-0.39, 0.29) is 0 Å². The van der Waals surface area contributed by atoms with Crippen molar-refractivity contribution in [2.75, 3.05) is 52.4 Å². The zero-order chi connectivity index (χ0) is 14.9. The van der Waals surface area contributed by atoms with Crippen LogP contribution >= 0.6 is 0 Å².